The van der Waals surface area contributed by atoms with Crippen LogP contribution in [0.25, 0.3) is 0 Å². The fraction of sp³-hybridized carbons (Fsp3) is 0.500. The fourth-order valence-corrected chi connectivity index (χ4v) is 3.70. The molecule has 0 aromatic heterocycles. The molecular weight excluding hydrogens is 273 g/mol. The summed E-state index contributed by atoms with van der Waals surface area (Å²) in [6, 6.07) is 3.72. The highest BCUT2D eigenvalue weighted by molar-refractivity contribution is 7.91. The van der Waals surface area contributed by atoms with E-state index in [1.165, 1.54) is 12.1 Å². The van der Waals surface area contributed by atoms with E-state index in [1.54, 1.807) is 6.92 Å². The van der Waals surface area contributed by atoms with Crippen molar-refractivity contribution in [3.63, 3.8) is 0 Å². The Morgan fingerprint density at radius 2 is 2.16 bits per heavy atom. The van der Waals surface area contributed by atoms with Crippen LogP contribution in [0.5, 0.6) is 5.75 Å². The van der Waals surface area contributed by atoms with Gasteiger partial charge in [0.2, 0.25) is 0 Å². The van der Waals surface area contributed by atoms with Crippen molar-refractivity contribution in [3.05, 3.63) is 29.6 Å². The number of aliphatic hydroxyl groups excluding tert-OH is 1. The van der Waals surface area contributed by atoms with Gasteiger partial charge in [-0.25, -0.2) is 12.8 Å². The highest BCUT2D eigenvalue weighted by atomic mass is 32.2. The fourth-order valence-electron chi connectivity index (χ4n) is 2.03. The lowest BCUT2D eigenvalue weighted by molar-refractivity contribution is 0.0735. The Hall–Kier alpha value is -1.18. The van der Waals surface area contributed by atoms with Gasteiger partial charge < -0.3 is 15.6 Å². The van der Waals surface area contributed by atoms with Crippen LogP contribution in [0.4, 0.5) is 4.39 Å². The molecule has 2 rings (SSSR count). The second kappa shape index (κ2) is 5.07. The van der Waals surface area contributed by atoms with Gasteiger partial charge in [0.1, 0.15) is 23.8 Å². The van der Waals surface area contributed by atoms with Crippen molar-refractivity contribution in [1.82, 2.24) is 0 Å². The maximum Gasteiger partial charge on any atom is 0.156 e. The number of benzene rings is 1. The van der Waals surface area contributed by atoms with E-state index in [0.29, 0.717) is 5.56 Å². The molecule has 3 atom stereocenters. The van der Waals surface area contributed by atoms with E-state index in [9.17, 15) is 17.9 Å². The Kier molecular flexibility index (Phi) is 3.80. The maximum atomic E-state index is 13.7. The molecule has 0 radical (unpaired) electrons. The number of ether oxygens (including phenoxy) is 1. The van der Waals surface area contributed by atoms with E-state index in [-0.39, 0.29) is 17.3 Å². The smallest absolute Gasteiger partial charge is 0.156 e. The van der Waals surface area contributed by atoms with E-state index in [4.69, 9.17) is 10.5 Å². The van der Waals surface area contributed by atoms with Gasteiger partial charge in [-0.15, -0.1) is 0 Å². The number of rotatable bonds is 3. The highest BCUT2D eigenvalue weighted by Crippen LogP contribution is 2.24. The molecule has 5 nitrogen and oxygen atoms in total. The van der Waals surface area contributed by atoms with Gasteiger partial charge in [0, 0.05) is 17.7 Å². The molecule has 7 heteroatoms. The lowest BCUT2D eigenvalue weighted by Gasteiger charge is -2.16. The Bertz CT molecular complexity index is 573. The van der Waals surface area contributed by atoms with E-state index in [0.717, 1.165) is 6.07 Å². The van der Waals surface area contributed by atoms with Crippen LogP contribution < -0.4 is 10.5 Å². The first-order valence-electron chi connectivity index (χ1n) is 5.88. The van der Waals surface area contributed by atoms with Crippen LogP contribution >= 0.6 is 0 Å². The quantitative estimate of drug-likeness (QED) is 0.840. The topological polar surface area (TPSA) is 89.6 Å². The molecular formula is C12H16FNO4S. The van der Waals surface area contributed by atoms with Gasteiger partial charge in [-0.1, -0.05) is 6.07 Å². The lowest BCUT2D eigenvalue weighted by atomic mass is 10.1. The van der Waals surface area contributed by atoms with Gasteiger partial charge in [-0.2, -0.15) is 0 Å². The van der Waals surface area contributed by atoms with E-state index >= 15 is 0 Å². The third kappa shape index (κ3) is 3.23. The summed E-state index contributed by atoms with van der Waals surface area (Å²) in [5, 5.41) is 9.58. The molecule has 3 N–H and O–H groups in total. The zero-order chi connectivity index (χ0) is 14.2. The van der Waals surface area contributed by atoms with Gasteiger partial charge in [-0.05, 0) is 13.0 Å². The van der Waals surface area contributed by atoms with Crippen LogP contribution in [-0.2, 0) is 9.84 Å². The first-order valence-corrected chi connectivity index (χ1v) is 7.71. The van der Waals surface area contributed by atoms with Crippen LogP contribution in [-0.4, -0.2) is 37.2 Å². The molecule has 0 saturated carbocycles. The van der Waals surface area contributed by atoms with E-state index in [2.05, 4.69) is 0 Å². The normalized spacial score (nSPS) is 27.2. The third-order valence-electron chi connectivity index (χ3n) is 3.02. The number of nitrogens with two attached hydrogens (primary N) is 1. The second-order valence-corrected chi connectivity index (χ2v) is 6.93. The Morgan fingerprint density at radius 3 is 2.63 bits per heavy atom. The van der Waals surface area contributed by atoms with E-state index in [1.807, 2.05) is 0 Å². The average Bonchev–Trinajstić information content (AvgIpc) is 2.51. The summed E-state index contributed by atoms with van der Waals surface area (Å²) in [6.07, 6.45) is -1.94. The van der Waals surface area contributed by atoms with E-state index < -0.39 is 33.9 Å². The van der Waals surface area contributed by atoms with Gasteiger partial charge >= 0.3 is 0 Å². The first kappa shape index (κ1) is 14.2. The number of sulfone groups is 1. The van der Waals surface area contributed by atoms with Gasteiger partial charge in [0.25, 0.3) is 0 Å². The van der Waals surface area contributed by atoms with Crippen molar-refractivity contribution < 1.29 is 22.7 Å². The molecule has 0 spiro atoms. The van der Waals surface area contributed by atoms with Gasteiger partial charge in [-0.3, -0.25) is 0 Å². The van der Waals surface area contributed by atoms with Crippen LogP contribution in [0.3, 0.4) is 0 Å². The van der Waals surface area contributed by atoms with Crippen molar-refractivity contribution in [1.29, 1.82) is 0 Å². The molecule has 106 valence electrons. The van der Waals surface area contributed by atoms with Crippen molar-refractivity contribution in [2.75, 3.05) is 11.5 Å². The Morgan fingerprint density at radius 1 is 1.47 bits per heavy atom. The van der Waals surface area contributed by atoms with Crippen LogP contribution in [0, 0.1) is 5.82 Å². The van der Waals surface area contributed by atoms with Gasteiger partial charge in [0.05, 0.1) is 11.5 Å². The van der Waals surface area contributed by atoms with Crippen molar-refractivity contribution >= 4 is 9.84 Å². The molecule has 0 aliphatic carbocycles. The molecule has 1 aromatic carbocycles. The summed E-state index contributed by atoms with van der Waals surface area (Å²) in [6.45, 7) is 1.66. The van der Waals surface area contributed by atoms with Crippen molar-refractivity contribution in [3.8, 4) is 5.75 Å². The largest absolute Gasteiger partial charge is 0.487 e. The minimum Gasteiger partial charge on any atom is -0.487 e. The predicted molar refractivity (Wildman–Crippen MR) is 68.1 cm³/mol. The number of aliphatic hydroxyl groups is 1. The molecule has 1 fully saturated rings. The minimum atomic E-state index is -3.29. The molecule has 0 bridgehead atoms. The molecule has 19 heavy (non-hydrogen) atoms. The lowest BCUT2D eigenvalue weighted by Crippen LogP contribution is -2.29. The molecule has 2 unspecified atom stereocenters. The monoisotopic (exact) mass is 289 g/mol. The van der Waals surface area contributed by atoms with Gasteiger partial charge in [0.15, 0.2) is 9.84 Å². The molecule has 1 saturated heterocycles. The SMILES string of the molecule is C[C@H](N)c1ccc(OC2CS(=O)(=O)CC2O)cc1F. The first-order chi connectivity index (χ1) is 8.78. The summed E-state index contributed by atoms with van der Waals surface area (Å²) in [7, 11) is -3.29. The predicted octanol–water partition coefficient (Wildman–Crippen LogP) is 0.382. The number of halogens is 1. The Labute approximate surface area is 111 Å². The van der Waals surface area contributed by atoms with Crippen molar-refractivity contribution in [2.45, 2.75) is 25.2 Å². The van der Waals surface area contributed by atoms with Crippen molar-refractivity contribution in [2.24, 2.45) is 5.73 Å². The van der Waals surface area contributed by atoms with Crippen LogP contribution in [0.15, 0.2) is 18.2 Å². The average molecular weight is 289 g/mol. The Balaban J connectivity index is 2.14. The van der Waals surface area contributed by atoms with Crippen LogP contribution in [0.1, 0.15) is 18.5 Å². The molecule has 1 aliphatic heterocycles. The standard InChI is InChI=1S/C12H16FNO4S/c1-7(14)9-3-2-8(4-10(9)13)18-12-6-19(16,17)5-11(12)15/h2-4,7,11-12,15H,5-6,14H2,1H3/t7-,11?,12?/m0/s1. The summed E-state index contributed by atoms with van der Waals surface area (Å²) in [5.74, 6) is -0.908. The second-order valence-electron chi connectivity index (χ2n) is 4.77. The minimum absolute atomic E-state index is 0.183. The summed E-state index contributed by atoms with van der Waals surface area (Å²) in [4.78, 5) is 0. The highest BCUT2D eigenvalue weighted by Gasteiger charge is 2.38. The summed E-state index contributed by atoms with van der Waals surface area (Å²) < 4.78 is 41.7. The molecule has 1 aromatic rings. The summed E-state index contributed by atoms with van der Waals surface area (Å²) >= 11 is 0. The molecule has 1 aliphatic rings. The number of hydrogen-bond donors (Lipinski definition) is 2. The molecule has 1 heterocycles. The number of hydrogen-bond acceptors (Lipinski definition) is 5. The van der Waals surface area contributed by atoms with Crippen LogP contribution in [0.2, 0.25) is 0 Å². The molecule has 0 amide bonds. The zero-order valence-electron chi connectivity index (χ0n) is 10.4. The maximum absolute atomic E-state index is 13.7. The summed E-state index contributed by atoms with van der Waals surface area (Å²) in [5.41, 5.74) is 5.94. The third-order valence-corrected chi connectivity index (χ3v) is 4.71. The zero-order valence-corrected chi connectivity index (χ0v) is 11.2.